The van der Waals surface area contributed by atoms with E-state index in [9.17, 15) is 18.7 Å². The summed E-state index contributed by atoms with van der Waals surface area (Å²) in [5, 5.41) is 0. The van der Waals surface area contributed by atoms with E-state index in [1.807, 2.05) is 60.7 Å². The van der Waals surface area contributed by atoms with Gasteiger partial charge in [-0.25, -0.2) is 13.7 Å². The summed E-state index contributed by atoms with van der Waals surface area (Å²) in [6.45, 7) is 14.7. The lowest BCUT2D eigenvalue weighted by Crippen LogP contribution is -2.43. The fourth-order valence-corrected chi connectivity index (χ4v) is 9.10. The van der Waals surface area contributed by atoms with Crippen LogP contribution in [-0.4, -0.2) is 60.7 Å². The second kappa shape index (κ2) is 16.2. The Kier molecular flexibility index (Phi) is 13.4. The molecule has 0 spiro atoms. The predicted octanol–water partition coefficient (Wildman–Crippen LogP) is 6.22. The van der Waals surface area contributed by atoms with Crippen molar-refractivity contribution < 1.29 is 32.5 Å². The molecule has 0 radical (unpaired) electrons. The highest BCUT2D eigenvalue weighted by Gasteiger charge is 2.47. The number of hydrogen-bond acceptors (Lipinski definition) is 7. The van der Waals surface area contributed by atoms with E-state index < -0.39 is 39.1 Å². The van der Waals surface area contributed by atoms with Crippen molar-refractivity contribution in [2.75, 3.05) is 27.3 Å². The number of nitrogens with zero attached hydrogens (tertiary/aromatic N) is 2. The van der Waals surface area contributed by atoms with Gasteiger partial charge in [-0.05, 0) is 24.0 Å². The second-order valence-corrected chi connectivity index (χ2v) is 13.5. The predicted molar refractivity (Wildman–Crippen MR) is 162 cm³/mol. The molecule has 11 heteroatoms. The zero-order chi connectivity index (χ0) is 30.5. The number of carbonyl (C=O) groups excluding carboxylic acids is 2. The maximum absolute atomic E-state index is 14.6. The number of carbonyl (C=O) groups is 2. The minimum absolute atomic E-state index is 0.0983. The molecule has 41 heavy (non-hydrogen) atoms. The Balaban J connectivity index is 2.62. The summed E-state index contributed by atoms with van der Waals surface area (Å²) in [6, 6.07) is 15.9. The first-order valence-corrected chi connectivity index (χ1v) is 16.1. The smallest absolute Gasteiger partial charge is 0.323 e. The van der Waals surface area contributed by atoms with E-state index >= 15 is 0 Å². The molecule has 0 aromatic heterocycles. The Morgan fingerprint density at radius 1 is 0.707 bits per heavy atom. The van der Waals surface area contributed by atoms with Crippen molar-refractivity contribution >= 4 is 27.0 Å². The van der Waals surface area contributed by atoms with Crippen molar-refractivity contribution in [1.29, 1.82) is 0 Å². The molecule has 0 amide bonds. The molecule has 0 bridgehead atoms. The number of esters is 2. The minimum atomic E-state index is -4.30. The van der Waals surface area contributed by atoms with Crippen LogP contribution in [0.15, 0.2) is 111 Å². The molecule has 0 aliphatic rings. The minimum Gasteiger partial charge on any atom is -0.468 e. The van der Waals surface area contributed by atoms with Gasteiger partial charge in [-0.3, -0.25) is 18.7 Å². The van der Waals surface area contributed by atoms with Crippen LogP contribution in [0.25, 0.3) is 0 Å². The molecule has 0 fully saturated rings. The van der Waals surface area contributed by atoms with Gasteiger partial charge in [0.05, 0.1) is 14.2 Å². The number of benzene rings is 2. The second-order valence-electron chi connectivity index (χ2n) is 8.85. The molecule has 0 aliphatic carbocycles. The number of methoxy groups -OCH3 is 2. The molecule has 0 aliphatic heterocycles. The van der Waals surface area contributed by atoms with Crippen LogP contribution in [0.4, 0.5) is 0 Å². The van der Waals surface area contributed by atoms with Crippen LogP contribution < -0.4 is 0 Å². The van der Waals surface area contributed by atoms with Crippen LogP contribution in [0, 0.1) is 0 Å². The van der Waals surface area contributed by atoms with Gasteiger partial charge in [0.25, 0.3) is 0 Å². The largest absolute Gasteiger partial charge is 0.468 e. The summed E-state index contributed by atoms with van der Waals surface area (Å²) in [7, 11) is -6.16. The van der Waals surface area contributed by atoms with Crippen molar-refractivity contribution in [3.8, 4) is 0 Å². The van der Waals surface area contributed by atoms with Gasteiger partial charge in [0.1, 0.15) is 12.1 Å². The van der Waals surface area contributed by atoms with Crippen molar-refractivity contribution in [2.45, 2.75) is 24.9 Å². The molecule has 0 unspecified atom stereocenters. The number of rotatable bonds is 18. The van der Waals surface area contributed by atoms with Crippen LogP contribution in [0.5, 0.6) is 0 Å². The standard InChI is InChI=1S/C30H38N2O7P2/c1-7-21-31(27(29(33)37-5)23-25-17-13-11-14-18-25)40(35,9-3)39-41(36,10-4)32(22-8-2)28(30(34)38-6)24-26-19-15-12-16-20-26/h7-20,27-28H,1-4,21-24H2,5-6H3/t27-,28-,40+,41+/m0/s1. The van der Waals surface area contributed by atoms with Gasteiger partial charge < -0.3 is 9.47 Å². The highest BCUT2D eigenvalue weighted by molar-refractivity contribution is 7.72. The van der Waals surface area contributed by atoms with Gasteiger partial charge in [0.2, 0.25) is 0 Å². The lowest BCUT2D eigenvalue weighted by atomic mass is 10.1. The first kappa shape index (κ1) is 33.9. The fourth-order valence-electron chi connectivity index (χ4n) is 4.24. The first-order valence-electron chi connectivity index (χ1n) is 12.8. The third kappa shape index (κ3) is 8.83. The molecule has 0 saturated carbocycles. The highest BCUT2D eigenvalue weighted by Crippen LogP contribution is 2.69. The number of ether oxygens (including phenoxy) is 2. The van der Waals surface area contributed by atoms with Gasteiger partial charge in [0.15, 0.2) is 0 Å². The van der Waals surface area contributed by atoms with Gasteiger partial charge in [0, 0.05) is 24.7 Å². The van der Waals surface area contributed by atoms with Crippen molar-refractivity contribution in [3.05, 3.63) is 122 Å². The quantitative estimate of drug-likeness (QED) is 0.112. The normalized spacial score (nSPS) is 15.5. The average molecular weight is 601 g/mol. The van der Waals surface area contributed by atoms with E-state index in [4.69, 9.17) is 13.8 Å². The monoisotopic (exact) mass is 600 g/mol. The molecule has 220 valence electrons. The summed E-state index contributed by atoms with van der Waals surface area (Å²) in [4.78, 5) is 26.0. The average Bonchev–Trinajstić information content (AvgIpc) is 3.00. The summed E-state index contributed by atoms with van der Waals surface area (Å²) < 4.78 is 47.7. The number of hydrogen-bond donors (Lipinski definition) is 0. The van der Waals surface area contributed by atoms with Crippen LogP contribution in [0.2, 0.25) is 0 Å². The van der Waals surface area contributed by atoms with Crippen LogP contribution in [0.3, 0.4) is 0 Å². The van der Waals surface area contributed by atoms with E-state index in [1.165, 1.54) is 35.7 Å². The molecule has 2 rings (SSSR count). The van der Waals surface area contributed by atoms with Crippen molar-refractivity contribution in [2.24, 2.45) is 0 Å². The van der Waals surface area contributed by atoms with Crippen molar-refractivity contribution in [1.82, 2.24) is 9.34 Å². The van der Waals surface area contributed by atoms with E-state index in [0.29, 0.717) is 0 Å². The molecule has 0 N–H and O–H groups in total. The Bertz CT molecular complexity index is 1200. The summed E-state index contributed by atoms with van der Waals surface area (Å²) in [5.41, 5.74) is 1.53. The van der Waals surface area contributed by atoms with E-state index in [1.54, 1.807) is 0 Å². The Labute approximate surface area is 242 Å². The third-order valence-electron chi connectivity index (χ3n) is 6.25. The summed E-state index contributed by atoms with van der Waals surface area (Å²) >= 11 is 0. The lowest BCUT2D eigenvalue weighted by molar-refractivity contribution is -0.145. The molecule has 0 saturated heterocycles. The molecular weight excluding hydrogens is 562 g/mol. The van der Waals surface area contributed by atoms with Crippen LogP contribution >= 0.6 is 15.0 Å². The van der Waals surface area contributed by atoms with E-state index in [0.717, 1.165) is 22.8 Å². The molecule has 2 aromatic rings. The SMILES string of the molecule is C=CCN([C@@H](Cc1ccccc1)C(=O)OC)[P@@](=O)(C=C)O[P@](=O)(C=C)N(CC=C)[C@@H](Cc1ccccc1)C(=O)OC. The zero-order valence-electron chi connectivity index (χ0n) is 23.5. The molecule has 9 nitrogen and oxygen atoms in total. The molecule has 0 heterocycles. The Morgan fingerprint density at radius 2 is 1.05 bits per heavy atom. The fraction of sp³-hybridized carbons (Fsp3) is 0.267. The van der Waals surface area contributed by atoms with Crippen molar-refractivity contribution in [3.63, 3.8) is 0 Å². The maximum Gasteiger partial charge on any atom is 0.323 e. The van der Waals surface area contributed by atoms with Gasteiger partial charge in [-0.15, -0.1) is 13.2 Å². The van der Waals surface area contributed by atoms with Gasteiger partial charge in [-0.2, -0.15) is 0 Å². The summed E-state index contributed by atoms with van der Waals surface area (Å²) in [5.74, 6) is 0.664. The summed E-state index contributed by atoms with van der Waals surface area (Å²) in [6.07, 6.45) is 3.09. The third-order valence-corrected chi connectivity index (χ3v) is 11.4. The Morgan fingerprint density at radius 3 is 1.32 bits per heavy atom. The maximum atomic E-state index is 14.6. The Hall–Kier alpha value is -3.32. The van der Waals surface area contributed by atoms with Gasteiger partial charge >= 0.3 is 27.0 Å². The zero-order valence-corrected chi connectivity index (χ0v) is 25.3. The van der Waals surface area contributed by atoms with E-state index in [2.05, 4.69) is 26.3 Å². The van der Waals surface area contributed by atoms with Gasteiger partial charge in [-0.1, -0.05) is 86.0 Å². The topological polar surface area (TPSA) is 102 Å². The molecule has 4 atom stereocenters. The first-order chi connectivity index (χ1) is 19.6. The van der Waals surface area contributed by atoms with E-state index in [-0.39, 0.29) is 25.9 Å². The van der Waals surface area contributed by atoms with Crippen LogP contribution in [-0.2, 0) is 45.3 Å². The molecular formula is C30H38N2O7P2. The highest BCUT2D eigenvalue weighted by atomic mass is 31.2. The van der Waals surface area contributed by atoms with Crippen LogP contribution in [0.1, 0.15) is 11.1 Å². The lowest BCUT2D eigenvalue weighted by Gasteiger charge is -2.39. The molecule has 2 aromatic carbocycles.